The lowest BCUT2D eigenvalue weighted by Crippen LogP contribution is -2.38. The van der Waals surface area contributed by atoms with Crippen LogP contribution in [0.25, 0.3) is 0 Å². The Morgan fingerprint density at radius 3 is 2.68 bits per heavy atom. The minimum atomic E-state index is -0.238. The number of para-hydroxylation sites is 1. The molecule has 0 saturated carbocycles. The van der Waals surface area contributed by atoms with E-state index in [1.165, 1.54) is 5.56 Å². The molecule has 22 heavy (non-hydrogen) atoms. The molecule has 4 heteroatoms. The lowest BCUT2D eigenvalue weighted by Gasteiger charge is -2.43. The first-order valence-corrected chi connectivity index (χ1v) is 7.61. The molecule has 0 aromatic heterocycles. The summed E-state index contributed by atoms with van der Waals surface area (Å²) in [6.07, 6.45) is -0.238. The normalized spacial score (nSPS) is 19.3. The maximum Gasteiger partial charge on any atom is 0.141 e. The molecule has 2 bridgehead atoms. The van der Waals surface area contributed by atoms with Crippen molar-refractivity contribution in [2.75, 3.05) is 16.3 Å². The van der Waals surface area contributed by atoms with Crippen molar-refractivity contribution in [3.8, 4) is 0 Å². The van der Waals surface area contributed by atoms with Crippen LogP contribution < -0.4 is 9.21 Å². The van der Waals surface area contributed by atoms with E-state index in [-0.39, 0.29) is 6.17 Å². The zero-order chi connectivity index (χ0) is 15.4. The Kier molecular flexibility index (Phi) is 2.84. The number of anilines is 2. The van der Waals surface area contributed by atoms with Crippen LogP contribution in [0, 0.1) is 6.92 Å². The molecule has 0 fully saturated rings. The summed E-state index contributed by atoms with van der Waals surface area (Å²) < 4.78 is 1.79. The highest BCUT2D eigenvalue weighted by atomic mass is 32.1. The van der Waals surface area contributed by atoms with E-state index >= 15 is 0 Å². The van der Waals surface area contributed by atoms with Gasteiger partial charge in [-0.2, -0.15) is 0 Å². The molecule has 0 saturated heterocycles. The number of rotatable bonds is 0. The highest BCUT2D eigenvalue weighted by Gasteiger charge is 2.31. The van der Waals surface area contributed by atoms with Crippen LogP contribution >= 0.6 is 0 Å². The van der Waals surface area contributed by atoms with Crippen LogP contribution in [0.2, 0.25) is 0 Å². The maximum atomic E-state index is 5.62. The highest BCUT2D eigenvalue weighted by Crippen LogP contribution is 2.39. The number of hydrogen-bond donors (Lipinski definition) is 0. The van der Waals surface area contributed by atoms with Crippen molar-refractivity contribution < 1.29 is 0 Å². The monoisotopic (exact) mass is 306 g/mol. The van der Waals surface area contributed by atoms with Gasteiger partial charge in [0, 0.05) is 23.9 Å². The predicted molar refractivity (Wildman–Crippen MR) is 94.4 cm³/mol. The molecule has 2 aliphatic heterocycles. The number of nitrogens with zero attached hydrogens (tertiary/aromatic N) is 3. The summed E-state index contributed by atoms with van der Waals surface area (Å²) in [6, 6.07) is 14.6. The molecule has 2 heterocycles. The van der Waals surface area contributed by atoms with Gasteiger partial charge in [-0.15, -0.1) is 0 Å². The van der Waals surface area contributed by atoms with Crippen LogP contribution in [0.15, 0.2) is 59.7 Å². The second-order valence-corrected chi connectivity index (χ2v) is 6.16. The van der Waals surface area contributed by atoms with E-state index in [1.807, 2.05) is 19.2 Å². The van der Waals surface area contributed by atoms with Crippen LogP contribution in [-0.2, 0) is 12.8 Å². The molecule has 0 aliphatic carbocycles. The molecule has 4 rings (SSSR count). The molecule has 110 valence electrons. The zero-order valence-electron chi connectivity index (χ0n) is 12.6. The van der Waals surface area contributed by atoms with Crippen LogP contribution in [0.1, 0.15) is 16.7 Å². The molecule has 2 aromatic rings. The van der Waals surface area contributed by atoms with Gasteiger partial charge >= 0.3 is 0 Å². The van der Waals surface area contributed by atoms with Crippen molar-refractivity contribution in [1.29, 1.82) is 0 Å². The molecule has 0 spiro atoms. The molecular formula is C18H16N3S-. The van der Waals surface area contributed by atoms with Gasteiger partial charge in [-0.05, 0) is 25.1 Å². The fraction of sp³-hybridized carbons (Fsp3) is 0.167. The highest BCUT2D eigenvalue weighted by molar-refractivity contribution is 7.60. The summed E-state index contributed by atoms with van der Waals surface area (Å²) in [5, 5.41) is 0. The second kappa shape index (κ2) is 4.65. The Morgan fingerprint density at radius 2 is 1.86 bits per heavy atom. The third-order valence-corrected chi connectivity index (χ3v) is 4.76. The number of aliphatic imine (C=N–C) groups is 1. The third-order valence-electron chi connectivity index (χ3n) is 4.37. The van der Waals surface area contributed by atoms with Crippen LogP contribution in [0.5, 0.6) is 0 Å². The Balaban J connectivity index is 2.06. The first kappa shape index (κ1) is 13.5. The van der Waals surface area contributed by atoms with E-state index < -0.39 is 0 Å². The molecule has 0 amide bonds. The van der Waals surface area contributed by atoms with Crippen molar-refractivity contribution >= 4 is 29.9 Å². The number of fused-ring (bicyclic) bond motifs is 5. The largest absolute Gasteiger partial charge is 0.664 e. The van der Waals surface area contributed by atoms with Gasteiger partial charge in [-0.3, -0.25) is 4.99 Å². The Bertz CT molecular complexity index is 825. The van der Waals surface area contributed by atoms with E-state index in [4.69, 9.17) is 17.8 Å². The fourth-order valence-electron chi connectivity index (χ4n) is 3.13. The van der Waals surface area contributed by atoms with Gasteiger partial charge in [-0.1, -0.05) is 36.4 Å². The van der Waals surface area contributed by atoms with Gasteiger partial charge in [0.1, 0.15) is 6.17 Å². The quantitative estimate of drug-likeness (QED) is 0.695. The lowest BCUT2D eigenvalue weighted by atomic mass is 9.96. The smallest absolute Gasteiger partial charge is 0.141 e. The standard InChI is InChI=1S/C18H16N3S/c1-11-8-9-15-14(10-11)17-13-6-4-5-7-16(13)21(22)18(19-17)12(2)20(15)3/h4-10,18H,2H2,1,3H3/q-1. The third kappa shape index (κ3) is 1.74. The molecule has 0 radical (unpaired) electrons. The second-order valence-electron chi connectivity index (χ2n) is 5.77. The molecular weight excluding hydrogens is 290 g/mol. The average molecular weight is 306 g/mol. The summed E-state index contributed by atoms with van der Waals surface area (Å²) in [5.74, 6) is 0. The van der Waals surface area contributed by atoms with Crippen molar-refractivity contribution in [3.63, 3.8) is 0 Å². The topological polar surface area (TPSA) is 18.8 Å². The van der Waals surface area contributed by atoms with Gasteiger partial charge < -0.3 is 22.0 Å². The van der Waals surface area contributed by atoms with Crippen molar-refractivity contribution in [2.45, 2.75) is 13.1 Å². The number of aryl methyl sites for hydroxylation is 1. The first-order valence-electron chi connectivity index (χ1n) is 7.25. The molecule has 3 nitrogen and oxygen atoms in total. The first-order chi connectivity index (χ1) is 10.6. The van der Waals surface area contributed by atoms with Crippen molar-refractivity contribution in [2.24, 2.45) is 4.99 Å². The zero-order valence-corrected chi connectivity index (χ0v) is 13.4. The van der Waals surface area contributed by atoms with Crippen LogP contribution in [0.4, 0.5) is 11.4 Å². The summed E-state index contributed by atoms with van der Waals surface area (Å²) >= 11 is 5.62. The Hall–Kier alpha value is -2.20. The Morgan fingerprint density at radius 1 is 1.09 bits per heavy atom. The summed E-state index contributed by atoms with van der Waals surface area (Å²) in [7, 11) is 2.03. The minimum Gasteiger partial charge on any atom is -0.664 e. The maximum absolute atomic E-state index is 5.62. The molecule has 1 unspecified atom stereocenters. The van der Waals surface area contributed by atoms with E-state index in [1.54, 1.807) is 4.31 Å². The van der Waals surface area contributed by atoms with Gasteiger partial charge in [0.05, 0.1) is 17.1 Å². The van der Waals surface area contributed by atoms with Gasteiger partial charge in [0.25, 0.3) is 0 Å². The van der Waals surface area contributed by atoms with Crippen molar-refractivity contribution in [1.82, 2.24) is 0 Å². The van der Waals surface area contributed by atoms with E-state index in [0.717, 1.165) is 33.9 Å². The average Bonchev–Trinajstić information content (AvgIpc) is 2.62. The van der Waals surface area contributed by atoms with E-state index in [2.05, 4.69) is 48.7 Å². The number of likely N-dealkylation sites (N-methyl/N-ethyl adjacent to an activating group) is 1. The van der Waals surface area contributed by atoms with Crippen LogP contribution in [0.3, 0.4) is 0 Å². The number of benzene rings is 2. The van der Waals surface area contributed by atoms with Gasteiger partial charge in [0.2, 0.25) is 0 Å². The number of hydrogen-bond acceptors (Lipinski definition) is 4. The summed E-state index contributed by atoms with van der Waals surface area (Å²) in [6.45, 7) is 6.33. The van der Waals surface area contributed by atoms with Gasteiger partial charge in [-0.25, -0.2) is 0 Å². The van der Waals surface area contributed by atoms with E-state index in [0.29, 0.717) is 0 Å². The molecule has 0 N–H and O–H groups in total. The lowest BCUT2D eigenvalue weighted by molar-refractivity contribution is 0.791. The minimum absolute atomic E-state index is 0.238. The fourth-order valence-corrected chi connectivity index (χ4v) is 3.45. The molecule has 1 atom stereocenters. The van der Waals surface area contributed by atoms with E-state index in [9.17, 15) is 0 Å². The summed E-state index contributed by atoms with van der Waals surface area (Å²) in [4.78, 5) is 7.01. The molecule has 2 aliphatic rings. The van der Waals surface area contributed by atoms with Crippen molar-refractivity contribution in [3.05, 3.63) is 71.4 Å². The van der Waals surface area contributed by atoms with Crippen LogP contribution in [-0.4, -0.2) is 18.9 Å². The SMILES string of the molecule is C=C1C2N=C(c3cc(C)ccc3N1C)c1ccccc1N2[S-]. The molecule has 2 aromatic carbocycles. The Labute approximate surface area is 136 Å². The predicted octanol–water partition coefficient (Wildman–Crippen LogP) is 3.40. The summed E-state index contributed by atoms with van der Waals surface area (Å²) in [5.41, 5.74) is 7.49. The van der Waals surface area contributed by atoms with Gasteiger partial charge in [0.15, 0.2) is 0 Å².